The van der Waals surface area contributed by atoms with Gasteiger partial charge < -0.3 is 14.4 Å². The Labute approximate surface area is 141 Å². The molecule has 0 N–H and O–H groups in total. The lowest BCUT2D eigenvalue weighted by atomic mass is 10.1. The number of methoxy groups -OCH3 is 1. The number of carbonyl (C=O) groups is 1. The molecule has 0 bridgehead atoms. The highest BCUT2D eigenvalue weighted by molar-refractivity contribution is 5.86. The third-order valence-corrected chi connectivity index (χ3v) is 4.05. The fourth-order valence-electron chi connectivity index (χ4n) is 3.10. The molecule has 0 aromatic carbocycles. The largest absolute Gasteiger partial charge is 0.496 e. The molecule has 3 rings (SSSR count). The summed E-state index contributed by atoms with van der Waals surface area (Å²) in [7, 11) is 1.61. The highest BCUT2D eigenvalue weighted by atomic mass is 16.5. The van der Waals surface area contributed by atoms with Crippen molar-refractivity contribution in [2.75, 3.05) is 25.1 Å². The van der Waals surface area contributed by atoms with E-state index < -0.39 is 0 Å². The summed E-state index contributed by atoms with van der Waals surface area (Å²) in [6, 6.07) is 3.62. The third kappa shape index (κ3) is 3.23. The molecule has 1 aliphatic heterocycles. The van der Waals surface area contributed by atoms with E-state index in [9.17, 15) is 4.79 Å². The van der Waals surface area contributed by atoms with Gasteiger partial charge in [-0.2, -0.15) is 0 Å². The normalized spacial score (nSPS) is 20.7. The van der Waals surface area contributed by atoms with Gasteiger partial charge in [-0.15, -0.1) is 0 Å². The monoisotopic (exact) mass is 327 g/mol. The van der Waals surface area contributed by atoms with E-state index in [2.05, 4.69) is 14.9 Å². The van der Waals surface area contributed by atoms with Gasteiger partial charge in [0.25, 0.3) is 0 Å². The van der Waals surface area contributed by atoms with Crippen LogP contribution in [0, 0.1) is 0 Å². The molecule has 0 saturated carbocycles. The Bertz CT molecular complexity index is 725. The summed E-state index contributed by atoms with van der Waals surface area (Å²) in [5.41, 5.74) is 2.17. The van der Waals surface area contributed by atoms with Gasteiger partial charge in [0.1, 0.15) is 11.6 Å². The molecule has 6 nitrogen and oxygen atoms in total. The van der Waals surface area contributed by atoms with Crippen molar-refractivity contribution in [3.05, 3.63) is 36.3 Å². The minimum absolute atomic E-state index is 0.105. The van der Waals surface area contributed by atoms with Gasteiger partial charge in [-0.3, -0.25) is 9.78 Å². The quantitative estimate of drug-likeness (QED) is 0.804. The van der Waals surface area contributed by atoms with Crippen LogP contribution in [0.5, 0.6) is 5.75 Å². The summed E-state index contributed by atoms with van der Waals surface area (Å²) in [6.07, 6.45) is 6.19. The molecular weight excluding hydrogens is 306 g/mol. The van der Waals surface area contributed by atoms with Crippen molar-refractivity contribution in [1.29, 1.82) is 0 Å². The maximum absolute atomic E-state index is 11.6. The molecular formula is C18H21N3O3. The van der Waals surface area contributed by atoms with Gasteiger partial charge in [0.05, 0.1) is 24.9 Å². The molecule has 0 unspecified atom stereocenters. The first-order valence-electron chi connectivity index (χ1n) is 7.96. The fourth-order valence-corrected chi connectivity index (χ4v) is 3.10. The first kappa shape index (κ1) is 16.4. The number of aromatic nitrogens is 2. The zero-order valence-electron chi connectivity index (χ0n) is 14.1. The van der Waals surface area contributed by atoms with Crippen LogP contribution < -0.4 is 9.64 Å². The van der Waals surface area contributed by atoms with E-state index in [1.807, 2.05) is 19.9 Å². The van der Waals surface area contributed by atoms with Gasteiger partial charge in [0.15, 0.2) is 6.29 Å². The predicted octanol–water partition coefficient (Wildman–Crippen LogP) is 2.58. The van der Waals surface area contributed by atoms with E-state index in [1.165, 1.54) is 0 Å². The van der Waals surface area contributed by atoms with Crippen molar-refractivity contribution in [2.45, 2.75) is 26.1 Å². The number of morpholine rings is 1. The first-order valence-corrected chi connectivity index (χ1v) is 7.96. The van der Waals surface area contributed by atoms with Crippen LogP contribution in [0.4, 0.5) is 5.82 Å². The summed E-state index contributed by atoms with van der Waals surface area (Å²) in [5.74, 6) is 1.39. The minimum Gasteiger partial charge on any atom is -0.496 e. The maximum atomic E-state index is 11.6. The van der Waals surface area contributed by atoms with Crippen molar-refractivity contribution in [3.63, 3.8) is 0 Å². The van der Waals surface area contributed by atoms with Crippen LogP contribution in [0.15, 0.2) is 30.7 Å². The number of anilines is 1. The molecule has 24 heavy (non-hydrogen) atoms. The number of nitrogens with zero attached hydrogens (tertiary/aromatic N) is 3. The lowest BCUT2D eigenvalue weighted by Crippen LogP contribution is -2.46. The van der Waals surface area contributed by atoms with Gasteiger partial charge in [-0.25, -0.2) is 4.98 Å². The number of ether oxygens (including phenoxy) is 2. The molecule has 2 aromatic heterocycles. The molecule has 2 aromatic rings. The summed E-state index contributed by atoms with van der Waals surface area (Å²) >= 11 is 0. The molecule has 0 aliphatic carbocycles. The molecule has 2 atom stereocenters. The van der Waals surface area contributed by atoms with Crippen LogP contribution >= 0.6 is 0 Å². The molecule has 0 spiro atoms. The standard InChI is InChI=1S/C18H21N3O3/c1-12-9-21(10-13(2)24-12)18-15(11-22)6-14(7-20-18)16-8-19-5-4-17(16)23-3/h4-8,11-13H,9-10H2,1-3H3/t12-,13+. The van der Waals surface area contributed by atoms with E-state index in [0.717, 1.165) is 17.4 Å². The van der Waals surface area contributed by atoms with Gasteiger partial charge in [-0.05, 0) is 26.0 Å². The third-order valence-electron chi connectivity index (χ3n) is 4.05. The molecule has 0 radical (unpaired) electrons. The SMILES string of the molecule is COc1ccncc1-c1cnc(N2C[C@@H](C)O[C@@H](C)C2)c(C=O)c1. The Morgan fingerprint density at radius 1 is 1.29 bits per heavy atom. The molecule has 1 saturated heterocycles. The Balaban J connectivity index is 1.98. The number of pyridine rings is 2. The molecule has 6 heteroatoms. The van der Waals surface area contributed by atoms with Crippen molar-refractivity contribution in [1.82, 2.24) is 9.97 Å². The van der Waals surface area contributed by atoms with Crippen LogP contribution in [0.1, 0.15) is 24.2 Å². The number of hydrogen-bond acceptors (Lipinski definition) is 6. The fraction of sp³-hybridized carbons (Fsp3) is 0.389. The number of aldehydes is 1. The smallest absolute Gasteiger partial charge is 0.153 e. The summed E-state index contributed by atoms with van der Waals surface area (Å²) < 4.78 is 11.1. The molecule has 126 valence electrons. The lowest BCUT2D eigenvalue weighted by molar-refractivity contribution is -0.00549. The number of hydrogen-bond donors (Lipinski definition) is 0. The van der Waals surface area contributed by atoms with Crippen molar-refractivity contribution in [3.8, 4) is 16.9 Å². The van der Waals surface area contributed by atoms with Crippen LogP contribution in [0.3, 0.4) is 0 Å². The Morgan fingerprint density at radius 2 is 2.04 bits per heavy atom. The zero-order chi connectivity index (χ0) is 17.1. The van der Waals surface area contributed by atoms with Gasteiger partial charge >= 0.3 is 0 Å². The van der Waals surface area contributed by atoms with Crippen molar-refractivity contribution in [2.24, 2.45) is 0 Å². The predicted molar refractivity (Wildman–Crippen MR) is 91.6 cm³/mol. The average Bonchev–Trinajstić information content (AvgIpc) is 2.60. The summed E-state index contributed by atoms with van der Waals surface area (Å²) in [5, 5.41) is 0. The second-order valence-corrected chi connectivity index (χ2v) is 5.99. The van der Waals surface area contributed by atoms with Crippen LogP contribution in [-0.4, -0.2) is 48.7 Å². The van der Waals surface area contributed by atoms with E-state index in [4.69, 9.17) is 9.47 Å². The van der Waals surface area contributed by atoms with Crippen molar-refractivity contribution < 1.29 is 14.3 Å². The second-order valence-electron chi connectivity index (χ2n) is 5.99. The van der Waals surface area contributed by atoms with E-state index >= 15 is 0 Å². The highest BCUT2D eigenvalue weighted by Crippen LogP contribution is 2.31. The topological polar surface area (TPSA) is 64.6 Å². The summed E-state index contributed by atoms with van der Waals surface area (Å²) in [6.45, 7) is 5.48. The Kier molecular flexibility index (Phi) is 4.76. The van der Waals surface area contributed by atoms with E-state index in [1.54, 1.807) is 31.8 Å². The molecule has 0 amide bonds. The van der Waals surface area contributed by atoms with Crippen LogP contribution in [0.25, 0.3) is 11.1 Å². The average molecular weight is 327 g/mol. The Morgan fingerprint density at radius 3 is 2.71 bits per heavy atom. The maximum Gasteiger partial charge on any atom is 0.153 e. The van der Waals surface area contributed by atoms with E-state index in [-0.39, 0.29) is 12.2 Å². The van der Waals surface area contributed by atoms with Crippen LogP contribution in [-0.2, 0) is 4.74 Å². The highest BCUT2D eigenvalue weighted by Gasteiger charge is 2.25. The first-order chi connectivity index (χ1) is 11.6. The number of rotatable bonds is 4. The van der Waals surface area contributed by atoms with Gasteiger partial charge in [0.2, 0.25) is 0 Å². The molecule has 1 aliphatic rings. The number of carbonyl (C=O) groups excluding carboxylic acids is 1. The Hall–Kier alpha value is -2.47. The van der Waals surface area contributed by atoms with Gasteiger partial charge in [0, 0.05) is 42.8 Å². The lowest BCUT2D eigenvalue weighted by Gasteiger charge is -2.36. The summed E-state index contributed by atoms with van der Waals surface area (Å²) in [4.78, 5) is 22.4. The molecule has 3 heterocycles. The zero-order valence-corrected chi connectivity index (χ0v) is 14.1. The minimum atomic E-state index is 0.105. The van der Waals surface area contributed by atoms with E-state index in [0.29, 0.717) is 30.2 Å². The van der Waals surface area contributed by atoms with Crippen molar-refractivity contribution >= 4 is 12.1 Å². The second kappa shape index (κ2) is 6.97. The van der Waals surface area contributed by atoms with Gasteiger partial charge in [-0.1, -0.05) is 0 Å². The van der Waals surface area contributed by atoms with Crippen LogP contribution in [0.2, 0.25) is 0 Å². The molecule has 1 fully saturated rings.